The summed E-state index contributed by atoms with van der Waals surface area (Å²) in [7, 11) is -3.11. The molecule has 0 aromatic carbocycles. The number of hydrogen-bond acceptors (Lipinski definition) is 5. The molecule has 0 saturated carbocycles. The lowest BCUT2D eigenvalue weighted by atomic mass is 10.3. The first kappa shape index (κ1) is 15.8. The van der Waals surface area contributed by atoms with Gasteiger partial charge in [0.1, 0.15) is 0 Å². The quantitative estimate of drug-likeness (QED) is 0.440. The maximum absolute atomic E-state index is 11.2. The molecule has 16 heavy (non-hydrogen) atoms. The number of nitrogens with one attached hydrogen (secondary N) is 1. The Balaban J connectivity index is 3.65. The second-order valence-corrected chi connectivity index (χ2v) is 5.63. The summed E-state index contributed by atoms with van der Waals surface area (Å²) in [5.74, 6) is 0. The van der Waals surface area contributed by atoms with Crippen LogP contribution in [0.4, 0.5) is 0 Å². The zero-order valence-electron chi connectivity index (χ0n) is 9.89. The van der Waals surface area contributed by atoms with Crippen LogP contribution in [0.25, 0.3) is 0 Å². The average molecular weight is 254 g/mol. The average Bonchev–Trinajstić information content (AvgIpc) is 2.20. The molecule has 0 rings (SSSR count). The van der Waals surface area contributed by atoms with Crippen molar-refractivity contribution < 1.29 is 18.6 Å². The van der Waals surface area contributed by atoms with Crippen LogP contribution in [0, 0.1) is 0 Å². The molecule has 0 aliphatic heterocycles. The van der Waals surface area contributed by atoms with Gasteiger partial charge in [0.25, 0.3) is 0 Å². The van der Waals surface area contributed by atoms with Crippen molar-refractivity contribution in [2.45, 2.75) is 19.4 Å². The van der Waals surface area contributed by atoms with Crippen LogP contribution >= 0.6 is 0 Å². The van der Waals surface area contributed by atoms with E-state index in [2.05, 4.69) is 5.32 Å². The minimum absolute atomic E-state index is 0.266. The zero-order chi connectivity index (χ0) is 12.6. The molecule has 0 spiro atoms. The van der Waals surface area contributed by atoms with Gasteiger partial charge in [0.15, 0.2) is 0 Å². The van der Waals surface area contributed by atoms with E-state index in [0.717, 1.165) is 0 Å². The molecule has 0 aromatic rings. The third-order valence-corrected chi connectivity index (χ3v) is 3.55. The Labute approximate surface area is 97.3 Å². The number of rotatable bonds is 9. The number of aliphatic hydroxyl groups is 2. The summed E-state index contributed by atoms with van der Waals surface area (Å²) in [4.78, 5) is 0. The van der Waals surface area contributed by atoms with Gasteiger partial charge in [-0.05, 0) is 13.0 Å². The maximum Gasteiger partial charge on any atom is 0.211 e. The lowest BCUT2D eigenvalue weighted by Gasteiger charge is -2.17. The molecule has 0 amide bonds. The monoisotopic (exact) mass is 254 g/mol. The number of aliphatic hydroxyl groups excluding tert-OH is 2. The van der Waals surface area contributed by atoms with E-state index in [4.69, 9.17) is 10.2 Å². The molecule has 0 saturated heterocycles. The van der Waals surface area contributed by atoms with Crippen molar-refractivity contribution in [1.29, 1.82) is 0 Å². The van der Waals surface area contributed by atoms with Crippen LogP contribution < -0.4 is 5.32 Å². The molecule has 6 nitrogen and oxygen atoms in total. The molecule has 0 bridgehead atoms. The van der Waals surface area contributed by atoms with Crippen LogP contribution in [0.15, 0.2) is 0 Å². The van der Waals surface area contributed by atoms with Gasteiger partial charge >= 0.3 is 0 Å². The lowest BCUT2D eigenvalue weighted by Crippen LogP contribution is -2.34. The van der Waals surface area contributed by atoms with Gasteiger partial charge in [0.2, 0.25) is 10.0 Å². The lowest BCUT2D eigenvalue weighted by molar-refractivity contribution is 0.0945. The summed E-state index contributed by atoms with van der Waals surface area (Å²) in [5.41, 5.74) is 0. The standard InChI is InChI=1S/C9H22N2O4S/c1-3-11(16(2,14)15)6-4-5-10-7-9(13)8-12/h9-10,12-13H,3-8H2,1-2H3/t9-/m0/s1. The van der Waals surface area contributed by atoms with Gasteiger partial charge < -0.3 is 15.5 Å². The van der Waals surface area contributed by atoms with Crippen molar-refractivity contribution in [3.63, 3.8) is 0 Å². The Kier molecular flexibility index (Phi) is 7.86. The molecule has 0 heterocycles. The van der Waals surface area contributed by atoms with Gasteiger partial charge in [-0.2, -0.15) is 0 Å². The highest BCUT2D eigenvalue weighted by Crippen LogP contribution is 1.98. The topological polar surface area (TPSA) is 89.9 Å². The van der Waals surface area contributed by atoms with Crippen molar-refractivity contribution in [1.82, 2.24) is 9.62 Å². The second kappa shape index (κ2) is 7.97. The molecule has 0 radical (unpaired) electrons. The van der Waals surface area contributed by atoms with Gasteiger partial charge in [0.05, 0.1) is 19.0 Å². The molecule has 0 unspecified atom stereocenters. The van der Waals surface area contributed by atoms with E-state index in [0.29, 0.717) is 32.6 Å². The molecule has 0 fully saturated rings. The van der Waals surface area contributed by atoms with Crippen LogP contribution in [0.2, 0.25) is 0 Å². The van der Waals surface area contributed by atoms with Crippen LogP contribution in [-0.4, -0.2) is 68.1 Å². The molecule has 3 N–H and O–H groups in total. The van der Waals surface area contributed by atoms with Gasteiger partial charge in [-0.1, -0.05) is 6.92 Å². The largest absolute Gasteiger partial charge is 0.394 e. The van der Waals surface area contributed by atoms with E-state index in [1.54, 1.807) is 6.92 Å². The maximum atomic E-state index is 11.2. The Hall–Kier alpha value is -0.210. The van der Waals surface area contributed by atoms with Crippen molar-refractivity contribution in [2.24, 2.45) is 0 Å². The second-order valence-electron chi connectivity index (χ2n) is 3.65. The zero-order valence-corrected chi connectivity index (χ0v) is 10.7. The van der Waals surface area contributed by atoms with E-state index in [-0.39, 0.29) is 6.61 Å². The molecule has 0 aromatic heterocycles. The Morgan fingerprint density at radius 2 is 2.06 bits per heavy atom. The van der Waals surface area contributed by atoms with E-state index in [1.807, 2.05) is 0 Å². The van der Waals surface area contributed by atoms with E-state index < -0.39 is 16.1 Å². The van der Waals surface area contributed by atoms with Gasteiger partial charge in [-0.15, -0.1) is 0 Å². The predicted molar refractivity (Wildman–Crippen MR) is 62.7 cm³/mol. The summed E-state index contributed by atoms with van der Waals surface area (Å²) in [6, 6.07) is 0. The van der Waals surface area contributed by atoms with Crippen LogP contribution in [0.5, 0.6) is 0 Å². The first-order chi connectivity index (χ1) is 7.41. The molecule has 98 valence electrons. The van der Waals surface area contributed by atoms with Gasteiger partial charge in [0, 0.05) is 19.6 Å². The van der Waals surface area contributed by atoms with Crippen LogP contribution in [0.3, 0.4) is 0 Å². The Morgan fingerprint density at radius 1 is 1.44 bits per heavy atom. The van der Waals surface area contributed by atoms with Gasteiger partial charge in [-0.3, -0.25) is 0 Å². The summed E-state index contributed by atoms with van der Waals surface area (Å²) in [5, 5.41) is 20.5. The molecular weight excluding hydrogens is 232 g/mol. The van der Waals surface area contributed by atoms with Crippen LogP contribution in [-0.2, 0) is 10.0 Å². The smallest absolute Gasteiger partial charge is 0.211 e. The molecule has 0 aliphatic rings. The summed E-state index contributed by atoms with van der Waals surface area (Å²) in [6.07, 6.45) is 1.12. The Morgan fingerprint density at radius 3 is 2.50 bits per heavy atom. The third kappa shape index (κ3) is 7.13. The highest BCUT2D eigenvalue weighted by Gasteiger charge is 2.12. The minimum atomic E-state index is -3.11. The predicted octanol–water partition coefficient (Wildman–Crippen LogP) is -1.40. The fourth-order valence-corrected chi connectivity index (χ4v) is 2.20. The van der Waals surface area contributed by atoms with Gasteiger partial charge in [-0.25, -0.2) is 12.7 Å². The SMILES string of the molecule is CCN(CCCNC[C@H](O)CO)S(C)(=O)=O. The first-order valence-electron chi connectivity index (χ1n) is 5.36. The summed E-state index contributed by atoms with van der Waals surface area (Å²) in [6.45, 7) is 3.40. The van der Waals surface area contributed by atoms with Crippen molar-refractivity contribution in [3.05, 3.63) is 0 Å². The normalized spacial score (nSPS) is 14.3. The van der Waals surface area contributed by atoms with Crippen molar-refractivity contribution in [3.8, 4) is 0 Å². The van der Waals surface area contributed by atoms with Crippen molar-refractivity contribution >= 4 is 10.0 Å². The molecular formula is C9H22N2O4S. The fourth-order valence-electron chi connectivity index (χ4n) is 1.27. The minimum Gasteiger partial charge on any atom is -0.394 e. The highest BCUT2D eigenvalue weighted by atomic mass is 32.2. The van der Waals surface area contributed by atoms with E-state index in [9.17, 15) is 8.42 Å². The number of nitrogens with zero attached hydrogens (tertiary/aromatic N) is 1. The third-order valence-electron chi connectivity index (χ3n) is 2.17. The summed E-state index contributed by atoms with van der Waals surface area (Å²) >= 11 is 0. The fraction of sp³-hybridized carbons (Fsp3) is 1.00. The van der Waals surface area contributed by atoms with Crippen LogP contribution in [0.1, 0.15) is 13.3 Å². The highest BCUT2D eigenvalue weighted by molar-refractivity contribution is 7.88. The summed E-state index contributed by atoms with van der Waals surface area (Å²) < 4.78 is 23.8. The van der Waals surface area contributed by atoms with E-state index in [1.165, 1.54) is 10.6 Å². The molecule has 7 heteroatoms. The molecule has 1 atom stereocenters. The molecule has 0 aliphatic carbocycles. The first-order valence-corrected chi connectivity index (χ1v) is 7.21. The van der Waals surface area contributed by atoms with Crippen molar-refractivity contribution in [2.75, 3.05) is 39.0 Å². The number of hydrogen-bond donors (Lipinski definition) is 3. The van der Waals surface area contributed by atoms with E-state index >= 15 is 0 Å². The Bertz CT molecular complexity index is 269. The number of sulfonamides is 1.